The highest BCUT2D eigenvalue weighted by Crippen LogP contribution is 2.18. The van der Waals surface area contributed by atoms with Gasteiger partial charge in [0.2, 0.25) is 5.91 Å². The van der Waals surface area contributed by atoms with E-state index in [-0.39, 0.29) is 5.91 Å². The van der Waals surface area contributed by atoms with E-state index in [2.05, 4.69) is 6.92 Å². The van der Waals surface area contributed by atoms with Crippen LogP contribution in [0.3, 0.4) is 0 Å². The average molecular weight is 289 g/mol. The summed E-state index contributed by atoms with van der Waals surface area (Å²) in [7, 11) is 0. The van der Waals surface area contributed by atoms with Gasteiger partial charge in [0.15, 0.2) is 0 Å². The average Bonchev–Trinajstić information content (AvgIpc) is 2.70. The number of hydrogen-bond donors (Lipinski definition) is 0. The third-order valence-corrected chi connectivity index (χ3v) is 4.26. The van der Waals surface area contributed by atoms with Gasteiger partial charge >= 0.3 is 0 Å². The van der Waals surface area contributed by atoms with Crippen molar-refractivity contribution in [3.8, 4) is 5.75 Å². The maximum atomic E-state index is 12.2. The van der Waals surface area contributed by atoms with Gasteiger partial charge in [0.25, 0.3) is 0 Å². The van der Waals surface area contributed by atoms with Gasteiger partial charge in [-0.15, -0.1) is 0 Å². The first kappa shape index (κ1) is 15.9. The maximum absolute atomic E-state index is 12.2. The van der Waals surface area contributed by atoms with Crippen LogP contribution in [0.2, 0.25) is 0 Å². The second-order valence-corrected chi connectivity index (χ2v) is 6.13. The van der Waals surface area contributed by atoms with Crippen LogP contribution in [0.25, 0.3) is 0 Å². The van der Waals surface area contributed by atoms with Gasteiger partial charge < -0.3 is 9.64 Å². The molecular formula is C18H27NO2. The number of rotatable bonds is 5. The molecule has 1 saturated heterocycles. The molecule has 2 rings (SSSR count). The molecule has 0 bridgehead atoms. The van der Waals surface area contributed by atoms with Crippen molar-refractivity contribution in [2.75, 3.05) is 19.7 Å². The first-order valence-electron chi connectivity index (χ1n) is 8.13. The molecule has 3 heteroatoms. The van der Waals surface area contributed by atoms with E-state index in [9.17, 15) is 4.79 Å². The Balaban J connectivity index is 1.68. The normalized spacial score (nSPS) is 19.1. The molecule has 3 nitrogen and oxygen atoms in total. The Labute approximate surface area is 128 Å². The van der Waals surface area contributed by atoms with E-state index in [4.69, 9.17) is 4.74 Å². The largest absolute Gasteiger partial charge is 0.493 e. The Morgan fingerprint density at radius 3 is 2.90 bits per heavy atom. The van der Waals surface area contributed by atoms with Crippen LogP contribution < -0.4 is 4.74 Å². The molecule has 0 spiro atoms. The third-order valence-electron chi connectivity index (χ3n) is 4.26. The predicted octanol–water partition coefficient (Wildman–Crippen LogP) is 3.80. The Morgan fingerprint density at radius 1 is 1.29 bits per heavy atom. The van der Waals surface area contributed by atoms with Crippen LogP contribution >= 0.6 is 0 Å². The Hall–Kier alpha value is -1.51. The van der Waals surface area contributed by atoms with Gasteiger partial charge in [-0.25, -0.2) is 0 Å². The predicted molar refractivity (Wildman–Crippen MR) is 85.5 cm³/mol. The minimum Gasteiger partial charge on any atom is -0.493 e. The van der Waals surface area contributed by atoms with Gasteiger partial charge in [-0.05, 0) is 50.2 Å². The molecule has 0 aromatic heterocycles. The summed E-state index contributed by atoms with van der Waals surface area (Å²) in [4.78, 5) is 14.2. The highest BCUT2D eigenvalue weighted by molar-refractivity contribution is 5.76. The molecule has 0 N–H and O–H groups in total. The quantitative estimate of drug-likeness (QED) is 0.772. The number of aryl methyl sites for hydroxylation is 1. The topological polar surface area (TPSA) is 29.5 Å². The maximum Gasteiger partial charge on any atom is 0.222 e. The van der Waals surface area contributed by atoms with E-state index in [1.807, 2.05) is 36.1 Å². The number of carbonyl (C=O) groups is 1. The van der Waals surface area contributed by atoms with Crippen LogP contribution in [-0.2, 0) is 4.79 Å². The highest BCUT2D eigenvalue weighted by Gasteiger charge is 2.17. The molecule has 1 fully saturated rings. The molecule has 0 aliphatic carbocycles. The first-order valence-corrected chi connectivity index (χ1v) is 8.13. The lowest BCUT2D eigenvalue weighted by atomic mass is 10.0. The van der Waals surface area contributed by atoms with E-state index >= 15 is 0 Å². The van der Waals surface area contributed by atoms with Crippen LogP contribution in [0.5, 0.6) is 5.75 Å². The monoisotopic (exact) mass is 289 g/mol. The van der Waals surface area contributed by atoms with Gasteiger partial charge in [-0.3, -0.25) is 4.79 Å². The number of hydrogen-bond acceptors (Lipinski definition) is 2. The van der Waals surface area contributed by atoms with Gasteiger partial charge in [0.05, 0.1) is 6.61 Å². The van der Waals surface area contributed by atoms with Crippen molar-refractivity contribution in [2.45, 2.75) is 46.0 Å². The lowest BCUT2D eigenvalue weighted by molar-refractivity contribution is -0.131. The molecule has 1 aromatic carbocycles. The van der Waals surface area contributed by atoms with Crippen molar-refractivity contribution in [2.24, 2.45) is 5.92 Å². The van der Waals surface area contributed by atoms with Gasteiger partial charge in [0.1, 0.15) is 5.75 Å². The molecule has 21 heavy (non-hydrogen) atoms. The Kier molecular flexibility index (Phi) is 6.09. The van der Waals surface area contributed by atoms with Crippen molar-refractivity contribution in [3.05, 3.63) is 29.8 Å². The van der Waals surface area contributed by atoms with E-state index in [0.717, 1.165) is 49.6 Å². The number of nitrogens with zero attached hydrogens (tertiary/aromatic N) is 1. The van der Waals surface area contributed by atoms with E-state index in [1.165, 1.54) is 6.42 Å². The minimum atomic E-state index is 0.289. The van der Waals surface area contributed by atoms with Crippen molar-refractivity contribution < 1.29 is 9.53 Å². The molecule has 0 saturated carbocycles. The molecule has 1 amide bonds. The van der Waals surface area contributed by atoms with E-state index < -0.39 is 0 Å². The molecule has 1 heterocycles. The zero-order valence-corrected chi connectivity index (χ0v) is 13.3. The summed E-state index contributed by atoms with van der Waals surface area (Å²) >= 11 is 0. The summed E-state index contributed by atoms with van der Waals surface area (Å²) in [6.45, 7) is 6.80. The second kappa shape index (κ2) is 8.06. The summed E-state index contributed by atoms with van der Waals surface area (Å²) in [5, 5.41) is 0. The SMILES string of the molecule is Cc1ccccc1OCCCC(=O)N1CCCC(C)CC1. The number of para-hydroxylation sites is 1. The van der Waals surface area contributed by atoms with Gasteiger partial charge in [0, 0.05) is 19.5 Å². The number of amides is 1. The molecule has 116 valence electrons. The first-order chi connectivity index (χ1) is 10.2. The molecule has 1 aromatic rings. The lowest BCUT2D eigenvalue weighted by Gasteiger charge is -2.20. The fourth-order valence-electron chi connectivity index (χ4n) is 2.79. The summed E-state index contributed by atoms with van der Waals surface area (Å²) in [5.74, 6) is 1.97. The summed E-state index contributed by atoms with van der Waals surface area (Å²) in [5.41, 5.74) is 1.14. The van der Waals surface area contributed by atoms with E-state index in [0.29, 0.717) is 13.0 Å². The summed E-state index contributed by atoms with van der Waals surface area (Å²) < 4.78 is 5.75. The van der Waals surface area contributed by atoms with Gasteiger partial charge in [-0.1, -0.05) is 25.1 Å². The molecule has 1 aliphatic rings. The molecule has 0 radical (unpaired) electrons. The standard InChI is InChI=1S/C18H27NO2/c1-15-7-5-12-19(13-11-15)18(20)10-6-14-21-17-9-4-3-8-16(17)2/h3-4,8-9,15H,5-7,10-14H2,1-2H3. The zero-order chi connectivity index (χ0) is 15.1. The zero-order valence-electron chi connectivity index (χ0n) is 13.3. The summed E-state index contributed by atoms with van der Waals surface area (Å²) in [6, 6.07) is 8.00. The number of carbonyl (C=O) groups excluding carboxylic acids is 1. The van der Waals surface area contributed by atoms with Crippen molar-refractivity contribution in [1.82, 2.24) is 4.90 Å². The smallest absolute Gasteiger partial charge is 0.222 e. The fraction of sp³-hybridized carbons (Fsp3) is 0.611. The Morgan fingerprint density at radius 2 is 2.10 bits per heavy atom. The molecule has 1 unspecified atom stereocenters. The summed E-state index contributed by atoms with van der Waals surface area (Å²) in [6.07, 6.45) is 4.93. The number of ether oxygens (including phenoxy) is 1. The minimum absolute atomic E-state index is 0.289. The van der Waals surface area contributed by atoms with Crippen LogP contribution in [0, 0.1) is 12.8 Å². The Bertz CT molecular complexity index is 458. The van der Waals surface area contributed by atoms with Crippen molar-refractivity contribution >= 4 is 5.91 Å². The van der Waals surface area contributed by atoms with Crippen molar-refractivity contribution in [1.29, 1.82) is 0 Å². The van der Waals surface area contributed by atoms with Crippen molar-refractivity contribution in [3.63, 3.8) is 0 Å². The van der Waals surface area contributed by atoms with Gasteiger partial charge in [-0.2, -0.15) is 0 Å². The molecule has 1 aliphatic heterocycles. The lowest BCUT2D eigenvalue weighted by Crippen LogP contribution is -2.32. The highest BCUT2D eigenvalue weighted by atomic mass is 16.5. The van der Waals surface area contributed by atoms with E-state index in [1.54, 1.807) is 0 Å². The van der Waals surface area contributed by atoms with Crippen LogP contribution in [0.15, 0.2) is 24.3 Å². The third kappa shape index (κ3) is 5.07. The number of benzene rings is 1. The fourth-order valence-corrected chi connectivity index (χ4v) is 2.79. The molecule has 1 atom stereocenters. The van der Waals surface area contributed by atoms with Crippen LogP contribution in [-0.4, -0.2) is 30.5 Å². The number of likely N-dealkylation sites (tertiary alicyclic amines) is 1. The second-order valence-electron chi connectivity index (χ2n) is 6.13. The van der Waals surface area contributed by atoms with Crippen LogP contribution in [0.1, 0.15) is 44.6 Å². The molecular weight excluding hydrogens is 262 g/mol. The van der Waals surface area contributed by atoms with Crippen LogP contribution in [0.4, 0.5) is 0 Å².